The van der Waals surface area contributed by atoms with E-state index in [9.17, 15) is 9.59 Å². The molecule has 2 amide bonds. The van der Waals surface area contributed by atoms with Gasteiger partial charge in [-0.3, -0.25) is 9.59 Å². The van der Waals surface area contributed by atoms with E-state index in [2.05, 4.69) is 10.6 Å². The highest BCUT2D eigenvalue weighted by Crippen LogP contribution is 1.99. The van der Waals surface area contributed by atoms with Gasteiger partial charge in [0.25, 0.3) is 0 Å². The lowest BCUT2D eigenvalue weighted by Gasteiger charge is -2.20. The van der Waals surface area contributed by atoms with Gasteiger partial charge >= 0.3 is 0 Å². The smallest absolute Gasteiger partial charge is 0.239 e. The molecule has 0 saturated heterocycles. The number of amides is 2. The molecule has 0 saturated carbocycles. The van der Waals surface area contributed by atoms with E-state index in [1.807, 2.05) is 27.7 Å². The number of nitrogens with one attached hydrogen (secondary N) is 2. The third-order valence-corrected chi connectivity index (χ3v) is 1.90. The number of rotatable bonds is 5. The summed E-state index contributed by atoms with van der Waals surface area (Å²) in [4.78, 5) is 22.7. The van der Waals surface area contributed by atoms with Crippen LogP contribution in [0, 0.1) is 5.92 Å². The zero-order valence-corrected chi connectivity index (χ0v) is 10.6. The molecule has 0 spiro atoms. The van der Waals surface area contributed by atoms with Crippen molar-refractivity contribution in [2.24, 2.45) is 11.7 Å². The molecule has 94 valence electrons. The summed E-state index contributed by atoms with van der Waals surface area (Å²) in [7, 11) is 0. The zero-order chi connectivity index (χ0) is 12.8. The first kappa shape index (κ1) is 14.9. The van der Waals surface area contributed by atoms with Crippen molar-refractivity contribution in [3.8, 4) is 0 Å². The second-order valence-electron chi connectivity index (χ2n) is 5.12. The predicted molar refractivity (Wildman–Crippen MR) is 63.7 cm³/mol. The van der Waals surface area contributed by atoms with Crippen LogP contribution in [0.4, 0.5) is 0 Å². The molecular weight excluding hydrogens is 206 g/mol. The number of carbonyl (C=O) groups is 2. The standard InChI is InChI=1S/C11H23N3O2/c1-8(6-12)5-9(15)13-7-10(16)14-11(2,3)4/h8H,5-7,12H2,1-4H3,(H,13,15)(H,14,16). The Bertz CT molecular complexity index is 246. The second kappa shape index (κ2) is 6.48. The van der Waals surface area contributed by atoms with Gasteiger partial charge in [-0.1, -0.05) is 6.92 Å². The molecule has 0 aromatic heterocycles. The maximum Gasteiger partial charge on any atom is 0.239 e. The van der Waals surface area contributed by atoms with Gasteiger partial charge in [0, 0.05) is 12.0 Å². The fourth-order valence-electron chi connectivity index (χ4n) is 1.11. The number of hydrogen-bond acceptors (Lipinski definition) is 3. The Kier molecular flexibility index (Phi) is 6.03. The lowest BCUT2D eigenvalue weighted by molar-refractivity contribution is -0.127. The molecule has 0 fully saturated rings. The molecule has 16 heavy (non-hydrogen) atoms. The highest BCUT2D eigenvalue weighted by molar-refractivity contribution is 5.85. The van der Waals surface area contributed by atoms with Crippen LogP contribution < -0.4 is 16.4 Å². The summed E-state index contributed by atoms with van der Waals surface area (Å²) >= 11 is 0. The van der Waals surface area contributed by atoms with Crippen LogP contribution in [-0.4, -0.2) is 30.4 Å². The first-order chi connectivity index (χ1) is 7.24. The van der Waals surface area contributed by atoms with Crippen molar-refractivity contribution in [2.45, 2.75) is 39.7 Å². The number of nitrogens with two attached hydrogens (primary N) is 1. The molecule has 0 aliphatic heterocycles. The van der Waals surface area contributed by atoms with Crippen molar-refractivity contribution in [3.05, 3.63) is 0 Å². The van der Waals surface area contributed by atoms with E-state index in [-0.39, 0.29) is 29.8 Å². The van der Waals surface area contributed by atoms with Crippen LogP contribution in [0.15, 0.2) is 0 Å². The summed E-state index contributed by atoms with van der Waals surface area (Å²) in [6.45, 7) is 8.07. The van der Waals surface area contributed by atoms with Crippen molar-refractivity contribution in [1.82, 2.24) is 10.6 Å². The largest absolute Gasteiger partial charge is 0.350 e. The van der Waals surface area contributed by atoms with Crippen LogP contribution in [0.5, 0.6) is 0 Å². The first-order valence-electron chi connectivity index (χ1n) is 5.52. The molecule has 4 N–H and O–H groups in total. The molecule has 0 aliphatic carbocycles. The summed E-state index contributed by atoms with van der Waals surface area (Å²) in [5.74, 6) is -0.172. The van der Waals surface area contributed by atoms with Crippen LogP contribution in [0.25, 0.3) is 0 Å². The van der Waals surface area contributed by atoms with Crippen LogP contribution >= 0.6 is 0 Å². The van der Waals surface area contributed by atoms with Gasteiger partial charge in [-0.15, -0.1) is 0 Å². The lowest BCUT2D eigenvalue weighted by atomic mass is 10.1. The monoisotopic (exact) mass is 229 g/mol. The Hall–Kier alpha value is -1.10. The Morgan fingerprint density at radius 1 is 1.25 bits per heavy atom. The maximum atomic E-state index is 11.4. The van der Waals surface area contributed by atoms with E-state index in [1.54, 1.807) is 0 Å². The van der Waals surface area contributed by atoms with Crippen LogP contribution in [0.2, 0.25) is 0 Å². The molecule has 5 heteroatoms. The molecular formula is C11H23N3O2. The Morgan fingerprint density at radius 3 is 2.25 bits per heavy atom. The Morgan fingerprint density at radius 2 is 1.81 bits per heavy atom. The minimum absolute atomic E-state index is 0.0212. The maximum absolute atomic E-state index is 11.4. The van der Waals surface area contributed by atoms with E-state index in [0.29, 0.717) is 13.0 Å². The summed E-state index contributed by atoms with van der Waals surface area (Å²) in [5, 5.41) is 5.33. The van der Waals surface area contributed by atoms with Gasteiger partial charge in [-0.25, -0.2) is 0 Å². The number of carbonyl (C=O) groups excluding carboxylic acids is 2. The lowest BCUT2D eigenvalue weighted by Crippen LogP contribution is -2.46. The summed E-state index contributed by atoms with van der Waals surface area (Å²) in [6.07, 6.45) is 0.360. The molecule has 0 aromatic rings. The van der Waals surface area contributed by atoms with Crippen molar-refractivity contribution >= 4 is 11.8 Å². The van der Waals surface area contributed by atoms with Gasteiger partial charge in [-0.05, 0) is 33.2 Å². The first-order valence-corrected chi connectivity index (χ1v) is 5.52. The van der Waals surface area contributed by atoms with Gasteiger partial charge < -0.3 is 16.4 Å². The highest BCUT2D eigenvalue weighted by atomic mass is 16.2. The molecule has 1 atom stereocenters. The molecule has 0 radical (unpaired) electrons. The van der Waals surface area contributed by atoms with Crippen molar-refractivity contribution < 1.29 is 9.59 Å². The van der Waals surface area contributed by atoms with Crippen LogP contribution in [0.3, 0.4) is 0 Å². The van der Waals surface area contributed by atoms with Gasteiger partial charge in [0.05, 0.1) is 6.54 Å². The molecule has 0 bridgehead atoms. The van der Waals surface area contributed by atoms with Gasteiger partial charge in [0.1, 0.15) is 0 Å². The highest BCUT2D eigenvalue weighted by Gasteiger charge is 2.14. The minimum atomic E-state index is -0.271. The van der Waals surface area contributed by atoms with E-state index < -0.39 is 0 Å². The van der Waals surface area contributed by atoms with Gasteiger partial charge in [-0.2, -0.15) is 0 Å². The normalized spacial score (nSPS) is 13.1. The topological polar surface area (TPSA) is 84.2 Å². The molecule has 0 aliphatic rings. The summed E-state index contributed by atoms with van der Waals surface area (Å²) < 4.78 is 0. The Labute approximate surface area is 97.2 Å². The van der Waals surface area contributed by atoms with E-state index >= 15 is 0 Å². The summed E-state index contributed by atoms with van der Waals surface area (Å²) in [6, 6.07) is 0. The van der Waals surface area contributed by atoms with E-state index in [1.165, 1.54) is 0 Å². The van der Waals surface area contributed by atoms with E-state index in [0.717, 1.165) is 0 Å². The van der Waals surface area contributed by atoms with Crippen molar-refractivity contribution in [2.75, 3.05) is 13.1 Å². The molecule has 0 aromatic carbocycles. The third kappa shape index (κ3) is 8.23. The van der Waals surface area contributed by atoms with Gasteiger partial charge in [0.15, 0.2) is 0 Å². The minimum Gasteiger partial charge on any atom is -0.350 e. The van der Waals surface area contributed by atoms with Gasteiger partial charge in [0.2, 0.25) is 11.8 Å². The molecule has 5 nitrogen and oxygen atoms in total. The van der Waals surface area contributed by atoms with Crippen LogP contribution in [-0.2, 0) is 9.59 Å². The fraction of sp³-hybridized carbons (Fsp3) is 0.818. The SMILES string of the molecule is CC(CN)CC(=O)NCC(=O)NC(C)(C)C. The predicted octanol–water partition coefficient (Wildman–Crippen LogP) is 0.00220. The van der Waals surface area contributed by atoms with Crippen molar-refractivity contribution in [1.29, 1.82) is 0 Å². The fourth-order valence-corrected chi connectivity index (χ4v) is 1.11. The molecule has 1 unspecified atom stereocenters. The van der Waals surface area contributed by atoms with Crippen molar-refractivity contribution in [3.63, 3.8) is 0 Å². The summed E-state index contributed by atoms with van der Waals surface area (Å²) in [5.41, 5.74) is 5.13. The second-order valence-corrected chi connectivity index (χ2v) is 5.12. The molecule has 0 rings (SSSR count). The quantitative estimate of drug-likeness (QED) is 0.620. The van der Waals surface area contributed by atoms with E-state index in [4.69, 9.17) is 5.73 Å². The average molecular weight is 229 g/mol. The third-order valence-electron chi connectivity index (χ3n) is 1.90. The van der Waals surface area contributed by atoms with Crippen LogP contribution in [0.1, 0.15) is 34.1 Å². The molecule has 0 heterocycles. The number of hydrogen-bond donors (Lipinski definition) is 3. The average Bonchev–Trinajstić information content (AvgIpc) is 2.12. The zero-order valence-electron chi connectivity index (χ0n) is 10.6. The Balaban J connectivity index is 3.80.